The Morgan fingerprint density at radius 2 is 0.760 bits per heavy atom. The van der Waals surface area contributed by atoms with E-state index in [0.717, 1.165) is 39.4 Å². The molecule has 0 atom stereocenters. The molecule has 2 nitrogen and oxygen atoms in total. The number of hydrogen-bond acceptors (Lipinski definition) is 1. The molecule has 0 amide bonds. The average Bonchev–Trinajstić information content (AvgIpc) is 4.02. The summed E-state index contributed by atoms with van der Waals surface area (Å²) >= 11 is 0. The van der Waals surface area contributed by atoms with Crippen molar-refractivity contribution in [3.63, 3.8) is 0 Å². The minimum absolute atomic E-state index is 0.618. The molecule has 1 heterocycles. The van der Waals surface area contributed by atoms with Crippen LogP contribution in [0.4, 0.5) is 17.1 Å². The van der Waals surface area contributed by atoms with Crippen LogP contribution in [0.25, 0.3) is 83.1 Å². The quantitative estimate of drug-likeness (QED) is 0.133. The van der Waals surface area contributed by atoms with Crippen LogP contribution in [-0.4, -0.2) is 4.57 Å². The largest absolute Gasteiger partial charge is 0.310 e. The van der Waals surface area contributed by atoms with E-state index in [2.05, 4.69) is 313 Å². The van der Waals surface area contributed by atoms with Gasteiger partial charge in [-0.1, -0.05) is 231 Å². The van der Waals surface area contributed by atoms with E-state index in [1.54, 1.807) is 0 Å². The number of fused-ring (bicyclic) bond motifs is 6. The van der Waals surface area contributed by atoms with E-state index in [1.165, 1.54) is 83.0 Å². The summed E-state index contributed by atoms with van der Waals surface area (Å²) in [5.74, 6) is 0. The van der Waals surface area contributed by atoms with Crippen LogP contribution in [0.3, 0.4) is 0 Å². The molecule has 352 valence electrons. The fraction of sp³-hybridized carbons (Fsp3) is 0.0137. The third kappa shape index (κ3) is 7.41. The van der Waals surface area contributed by atoms with Gasteiger partial charge < -0.3 is 9.47 Å². The Kier molecular flexibility index (Phi) is 10.8. The molecule has 1 aromatic heterocycles. The van der Waals surface area contributed by atoms with E-state index in [0.29, 0.717) is 0 Å². The van der Waals surface area contributed by atoms with Gasteiger partial charge in [0.15, 0.2) is 0 Å². The molecule has 14 rings (SSSR count). The third-order valence-corrected chi connectivity index (χ3v) is 15.4. The van der Waals surface area contributed by atoms with Gasteiger partial charge in [-0.05, 0) is 145 Å². The molecule has 0 radical (unpaired) electrons. The summed E-state index contributed by atoms with van der Waals surface area (Å²) in [5, 5.41) is 2.47. The van der Waals surface area contributed by atoms with Gasteiger partial charge in [0.25, 0.3) is 0 Å². The first kappa shape index (κ1) is 44.0. The van der Waals surface area contributed by atoms with Crippen LogP contribution in [0.15, 0.2) is 303 Å². The third-order valence-electron chi connectivity index (χ3n) is 15.4. The Morgan fingerprint density at radius 1 is 0.280 bits per heavy atom. The molecule has 0 N–H and O–H groups in total. The minimum atomic E-state index is -0.618. The van der Waals surface area contributed by atoms with Crippen LogP contribution in [-0.2, 0) is 5.41 Å². The molecule has 1 aliphatic carbocycles. The lowest BCUT2D eigenvalue weighted by Gasteiger charge is -2.34. The van der Waals surface area contributed by atoms with Gasteiger partial charge in [0.1, 0.15) is 0 Å². The first-order valence-electron chi connectivity index (χ1n) is 25.9. The van der Waals surface area contributed by atoms with Gasteiger partial charge in [0.05, 0.1) is 22.1 Å². The van der Waals surface area contributed by atoms with Gasteiger partial charge in [-0.25, -0.2) is 0 Å². The van der Waals surface area contributed by atoms with E-state index in [4.69, 9.17) is 0 Å². The summed E-state index contributed by atoms with van der Waals surface area (Å²) in [5.41, 5.74) is 23.0. The van der Waals surface area contributed by atoms with E-state index >= 15 is 0 Å². The van der Waals surface area contributed by atoms with E-state index in [9.17, 15) is 0 Å². The van der Waals surface area contributed by atoms with Crippen molar-refractivity contribution in [3.05, 3.63) is 326 Å². The zero-order chi connectivity index (χ0) is 49.7. The Bertz CT molecular complexity index is 4090. The smallest absolute Gasteiger partial charge is 0.0714 e. The second-order valence-electron chi connectivity index (χ2n) is 19.6. The monoisotopic (exact) mass is 954 g/mol. The van der Waals surface area contributed by atoms with Gasteiger partial charge in [-0.3, -0.25) is 0 Å². The van der Waals surface area contributed by atoms with Crippen molar-refractivity contribution in [2.45, 2.75) is 5.41 Å². The maximum Gasteiger partial charge on any atom is 0.0714 e. The summed E-state index contributed by atoms with van der Waals surface area (Å²) in [6.07, 6.45) is 0. The van der Waals surface area contributed by atoms with E-state index < -0.39 is 5.41 Å². The van der Waals surface area contributed by atoms with Crippen molar-refractivity contribution in [3.8, 4) is 61.3 Å². The molecule has 0 bridgehead atoms. The molecule has 75 heavy (non-hydrogen) atoms. The van der Waals surface area contributed by atoms with Crippen molar-refractivity contribution in [2.75, 3.05) is 4.90 Å². The molecule has 2 heteroatoms. The maximum absolute atomic E-state index is 2.51. The standard InChI is InChI=1S/C73H50N2/c1-7-22-51(23-8-1)56-40-44-65-68(50-56)73(59-28-13-4-14-29-59,60-30-15-5-16-31-60)67-35-21-37-71(72(65)67)74(63-47-57(52-24-9-2-10-25-52)46-58(48-63)53-26-11-3-12-27-53)62-42-38-54(39-43-62)55-41-45-70-66(49-55)64-34-19-20-36-69(64)75(70)61-32-17-6-18-33-61/h1-50H. The Balaban J connectivity index is 1.01. The Morgan fingerprint density at radius 3 is 1.37 bits per heavy atom. The van der Waals surface area contributed by atoms with Crippen molar-refractivity contribution >= 4 is 38.9 Å². The van der Waals surface area contributed by atoms with E-state index in [1.807, 2.05) is 0 Å². The zero-order valence-electron chi connectivity index (χ0n) is 41.3. The highest BCUT2D eigenvalue weighted by Crippen LogP contribution is 2.60. The molecule has 0 fully saturated rings. The van der Waals surface area contributed by atoms with Gasteiger partial charge >= 0.3 is 0 Å². The van der Waals surface area contributed by atoms with Crippen molar-refractivity contribution in [2.24, 2.45) is 0 Å². The van der Waals surface area contributed by atoms with Gasteiger partial charge in [-0.2, -0.15) is 0 Å². The highest BCUT2D eigenvalue weighted by Gasteiger charge is 2.47. The summed E-state index contributed by atoms with van der Waals surface area (Å²) in [7, 11) is 0. The highest BCUT2D eigenvalue weighted by molar-refractivity contribution is 6.10. The predicted octanol–water partition coefficient (Wildman–Crippen LogP) is 19.3. The van der Waals surface area contributed by atoms with Crippen LogP contribution in [0.2, 0.25) is 0 Å². The van der Waals surface area contributed by atoms with Crippen molar-refractivity contribution in [1.29, 1.82) is 0 Å². The lowest BCUT2D eigenvalue weighted by atomic mass is 9.67. The fourth-order valence-electron chi connectivity index (χ4n) is 12.1. The first-order chi connectivity index (χ1) is 37.2. The fourth-order valence-corrected chi connectivity index (χ4v) is 12.1. The second kappa shape index (κ2) is 18.4. The van der Waals surface area contributed by atoms with Crippen molar-refractivity contribution in [1.82, 2.24) is 4.57 Å². The summed E-state index contributed by atoms with van der Waals surface area (Å²) < 4.78 is 2.38. The average molecular weight is 955 g/mol. The van der Waals surface area contributed by atoms with Crippen LogP contribution < -0.4 is 4.90 Å². The molecule has 0 saturated heterocycles. The first-order valence-corrected chi connectivity index (χ1v) is 25.9. The van der Waals surface area contributed by atoms with Gasteiger partial charge in [0.2, 0.25) is 0 Å². The zero-order valence-corrected chi connectivity index (χ0v) is 41.3. The highest BCUT2D eigenvalue weighted by atomic mass is 15.1. The normalized spacial score (nSPS) is 12.4. The van der Waals surface area contributed by atoms with Gasteiger partial charge in [-0.15, -0.1) is 0 Å². The molecular formula is C73H50N2. The number of para-hydroxylation sites is 2. The van der Waals surface area contributed by atoms with Crippen LogP contribution in [0.1, 0.15) is 22.3 Å². The number of benzene rings is 12. The Labute approximate surface area is 438 Å². The molecule has 0 unspecified atom stereocenters. The lowest BCUT2D eigenvalue weighted by Crippen LogP contribution is -2.28. The summed E-state index contributed by atoms with van der Waals surface area (Å²) in [4.78, 5) is 2.51. The minimum Gasteiger partial charge on any atom is -0.310 e. The van der Waals surface area contributed by atoms with E-state index in [-0.39, 0.29) is 0 Å². The molecule has 13 aromatic rings. The number of aromatic nitrogens is 1. The van der Waals surface area contributed by atoms with Gasteiger partial charge in [0, 0.05) is 33.4 Å². The molecule has 12 aromatic carbocycles. The van der Waals surface area contributed by atoms with Crippen LogP contribution in [0.5, 0.6) is 0 Å². The van der Waals surface area contributed by atoms with Crippen LogP contribution in [0, 0.1) is 0 Å². The lowest BCUT2D eigenvalue weighted by molar-refractivity contribution is 0.769. The topological polar surface area (TPSA) is 8.17 Å². The molecular weight excluding hydrogens is 905 g/mol. The van der Waals surface area contributed by atoms with Crippen LogP contribution >= 0.6 is 0 Å². The maximum atomic E-state index is 2.51. The molecule has 0 aliphatic heterocycles. The molecule has 0 spiro atoms. The number of hydrogen-bond donors (Lipinski definition) is 0. The van der Waals surface area contributed by atoms with Crippen molar-refractivity contribution < 1.29 is 0 Å². The second-order valence-corrected chi connectivity index (χ2v) is 19.6. The predicted molar refractivity (Wildman–Crippen MR) is 315 cm³/mol. The summed E-state index contributed by atoms with van der Waals surface area (Å²) in [6, 6.07) is 112. The number of rotatable bonds is 10. The Hall–Kier alpha value is -9.76. The SMILES string of the molecule is c1ccc(-c2cc(-c3ccccc3)cc(N(c3ccc(-c4ccc5c(c4)c4ccccc4n5-c4ccccc4)cc3)c3cccc4c3-c3ccc(-c5ccccc5)cc3C4(c3ccccc3)c3ccccc3)c2)cc1. The molecule has 1 aliphatic rings. The number of nitrogens with zero attached hydrogens (tertiary/aromatic N) is 2. The molecule has 0 saturated carbocycles. The summed E-state index contributed by atoms with van der Waals surface area (Å²) in [6.45, 7) is 0. The number of anilines is 3.